The second kappa shape index (κ2) is 23.9. The van der Waals surface area contributed by atoms with Gasteiger partial charge in [-0.2, -0.15) is 52.4 Å². The van der Waals surface area contributed by atoms with Gasteiger partial charge in [-0.1, -0.05) is 0 Å². The van der Waals surface area contributed by atoms with Crippen LogP contribution in [0.1, 0.15) is 0 Å². The third-order valence-corrected chi connectivity index (χ3v) is 1.08. The number of hydrogen-bond donors (Lipinski definition) is 0. The second-order valence-electron chi connectivity index (χ2n) is 2.34. The van der Waals surface area contributed by atoms with Gasteiger partial charge in [-0.15, -0.1) is 0 Å². The molecule has 6 nitrogen and oxygen atoms in total. The van der Waals surface area contributed by atoms with Gasteiger partial charge in [0.2, 0.25) is 0 Å². The fraction of sp³-hybridized carbons (Fsp3) is 1.00. The van der Waals surface area contributed by atoms with E-state index in [2.05, 4.69) is 10.6 Å². The topological polar surface area (TPSA) is 123 Å². The Labute approximate surface area is 106 Å². The first-order valence-corrected chi connectivity index (χ1v) is 4.68. The van der Waals surface area contributed by atoms with Crippen LogP contribution >= 0.6 is 0 Å². The van der Waals surface area contributed by atoms with E-state index in [1.165, 1.54) is 0 Å². The minimum Gasteiger partial charge on any atom is -0.679 e. The van der Waals surface area contributed by atoms with Crippen LogP contribution in [0.4, 0.5) is 0 Å². The summed E-state index contributed by atoms with van der Waals surface area (Å²) in [6, 6.07) is 0. The molecule has 0 saturated carbocycles. The maximum Gasteiger partial charge on any atom is 2.00 e. The Hall–Kier alpha value is 0.383. The summed E-state index contributed by atoms with van der Waals surface area (Å²) in [5, 5.41) is 7.67. The molecule has 0 aromatic rings. The molecule has 0 bridgehead atoms. The summed E-state index contributed by atoms with van der Waals surface area (Å²) in [5.41, 5.74) is 26.5. The van der Waals surface area contributed by atoms with Gasteiger partial charge in [-0.05, 0) is 0 Å². The van der Waals surface area contributed by atoms with Crippen LogP contribution in [0.15, 0.2) is 0 Å². The van der Waals surface area contributed by atoms with Crippen LogP contribution in [-0.4, -0.2) is 52.4 Å². The van der Waals surface area contributed by atoms with Crippen molar-refractivity contribution in [3.63, 3.8) is 0 Å². The molecule has 4 N–H and O–H groups in total. The van der Waals surface area contributed by atoms with E-state index in [0.717, 1.165) is 0 Å². The molecule has 0 fully saturated rings. The van der Waals surface area contributed by atoms with Crippen molar-refractivity contribution in [1.29, 1.82) is 0 Å². The number of nitrogens with zero attached hydrogens (tertiary/aromatic N) is 2. The Morgan fingerprint density at radius 2 is 0.733 bits per heavy atom. The Bertz CT molecular complexity index is 67.5. The van der Waals surface area contributed by atoms with Crippen molar-refractivity contribution in [2.75, 3.05) is 52.4 Å². The zero-order chi connectivity index (χ0) is 11.1. The van der Waals surface area contributed by atoms with Crippen molar-refractivity contribution in [1.82, 2.24) is 0 Å². The smallest absolute Gasteiger partial charge is 0.679 e. The summed E-state index contributed by atoms with van der Waals surface area (Å²) in [6.07, 6.45) is 0. The van der Waals surface area contributed by atoms with E-state index in [0.29, 0.717) is 52.4 Å². The number of rotatable bonds is 8. The molecule has 0 aliphatic heterocycles. The van der Waals surface area contributed by atoms with Gasteiger partial charge in [0.25, 0.3) is 0 Å². The third kappa shape index (κ3) is 31.4. The van der Waals surface area contributed by atoms with E-state index in [9.17, 15) is 0 Å². The second-order valence-corrected chi connectivity index (χ2v) is 2.34. The monoisotopic (exact) mass is 264 g/mol. The molecule has 0 saturated heterocycles. The molecule has 0 amide bonds. The van der Waals surface area contributed by atoms with Gasteiger partial charge in [-0.3, -0.25) is 0 Å². The molecule has 0 heterocycles. The van der Waals surface area contributed by atoms with E-state index in [-0.39, 0.29) is 19.5 Å². The molecular weight excluding hydrogens is 246 g/mol. The SMILES string of the molecule is [NH-]CC[N-]CC[NH-].[NH-]CC[N-]CC[NH-].[Zn+2]. The number of hydrogen-bond acceptors (Lipinski definition) is 0. The Balaban J connectivity index is -0.000000180. The van der Waals surface area contributed by atoms with Crippen molar-refractivity contribution in [2.24, 2.45) is 0 Å². The zero-order valence-electron chi connectivity index (χ0n) is 9.26. The minimum absolute atomic E-state index is 0. The first-order valence-electron chi connectivity index (χ1n) is 4.68. The first kappa shape index (κ1) is 20.8. The summed E-state index contributed by atoms with van der Waals surface area (Å²) in [4.78, 5) is 0. The summed E-state index contributed by atoms with van der Waals surface area (Å²) in [7, 11) is 0. The quantitative estimate of drug-likeness (QED) is 0.473. The van der Waals surface area contributed by atoms with E-state index >= 15 is 0 Å². The molecular formula is C8H20N6Zn-4. The van der Waals surface area contributed by atoms with Gasteiger partial charge in [0.15, 0.2) is 0 Å². The molecule has 88 valence electrons. The Kier molecular flexibility index (Phi) is 33.1. The predicted molar refractivity (Wildman–Crippen MR) is 62.9 cm³/mol. The Morgan fingerprint density at radius 3 is 0.867 bits per heavy atom. The van der Waals surface area contributed by atoms with Crippen molar-refractivity contribution < 1.29 is 19.5 Å². The van der Waals surface area contributed by atoms with Crippen molar-refractivity contribution >= 4 is 0 Å². The average Bonchev–Trinajstić information content (AvgIpc) is 2.21. The van der Waals surface area contributed by atoms with Gasteiger partial charge < -0.3 is 33.6 Å². The van der Waals surface area contributed by atoms with Crippen LogP contribution in [0, 0.1) is 0 Å². The standard InChI is InChI=1S/2C4H10N3.Zn/c2*5-1-3-7-4-2-6;/h2*5-6H,1-4H2;/q2*-3;+2. The molecule has 0 aliphatic carbocycles. The van der Waals surface area contributed by atoms with Crippen molar-refractivity contribution in [3.8, 4) is 0 Å². The van der Waals surface area contributed by atoms with Gasteiger partial charge in [-0.25, -0.2) is 0 Å². The summed E-state index contributed by atoms with van der Waals surface area (Å²) in [5.74, 6) is 0. The fourth-order valence-electron chi connectivity index (χ4n) is 0.540. The van der Waals surface area contributed by atoms with Crippen LogP contribution in [0.5, 0.6) is 0 Å². The summed E-state index contributed by atoms with van der Waals surface area (Å²) >= 11 is 0. The van der Waals surface area contributed by atoms with Crippen LogP contribution < -0.4 is 0 Å². The number of nitrogens with one attached hydrogen (secondary N) is 4. The minimum atomic E-state index is 0. The predicted octanol–water partition coefficient (Wildman–Crippen LogP) is 2.93. The van der Waals surface area contributed by atoms with Gasteiger partial charge in [0.1, 0.15) is 0 Å². The molecule has 0 aromatic heterocycles. The van der Waals surface area contributed by atoms with Crippen LogP contribution in [0.3, 0.4) is 0 Å². The molecule has 0 spiro atoms. The largest absolute Gasteiger partial charge is 2.00 e. The van der Waals surface area contributed by atoms with E-state index in [1.807, 2.05) is 0 Å². The molecule has 0 aromatic carbocycles. The third-order valence-electron chi connectivity index (χ3n) is 1.08. The van der Waals surface area contributed by atoms with Gasteiger partial charge in [0.05, 0.1) is 0 Å². The normalized spacial score (nSPS) is 8.80. The van der Waals surface area contributed by atoms with Crippen molar-refractivity contribution in [2.45, 2.75) is 0 Å². The van der Waals surface area contributed by atoms with Crippen LogP contribution in [0.2, 0.25) is 0 Å². The fourth-order valence-corrected chi connectivity index (χ4v) is 0.540. The van der Waals surface area contributed by atoms with Crippen molar-refractivity contribution in [3.05, 3.63) is 33.6 Å². The van der Waals surface area contributed by atoms with E-state index in [4.69, 9.17) is 22.9 Å². The molecule has 0 atom stereocenters. The maximum absolute atomic E-state index is 6.63. The molecule has 15 heavy (non-hydrogen) atoms. The maximum atomic E-state index is 6.63. The zero-order valence-corrected chi connectivity index (χ0v) is 12.2. The van der Waals surface area contributed by atoms with Gasteiger partial charge in [0, 0.05) is 0 Å². The van der Waals surface area contributed by atoms with E-state index < -0.39 is 0 Å². The molecule has 7 heteroatoms. The average molecular weight is 266 g/mol. The Morgan fingerprint density at radius 1 is 0.533 bits per heavy atom. The molecule has 0 radical (unpaired) electrons. The van der Waals surface area contributed by atoms with Crippen LogP contribution in [0.25, 0.3) is 33.6 Å². The summed E-state index contributed by atoms with van der Waals surface area (Å²) in [6.45, 7) is 3.83. The first-order chi connectivity index (χ1) is 6.83. The van der Waals surface area contributed by atoms with E-state index in [1.54, 1.807) is 0 Å². The van der Waals surface area contributed by atoms with Gasteiger partial charge >= 0.3 is 19.5 Å². The molecule has 0 aliphatic rings. The molecule has 0 rings (SSSR count). The summed E-state index contributed by atoms with van der Waals surface area (Å²) < 4.78 is 0. The molecule has 0 unspecified atom stereocenters. The van der Waals surface area contributed by atoms with Crippen LogP contribution in [-0.2, 0) is 19.5 Å².